The molecule has 0 aliphatic rings. The van der Waals surface area contributed by atoms with E-state index in [4.69, 9.17) is 10.5 Å². The third-order valence-corrected chi connectivity index (χ3v) is 2.39. The molecule has 4 nitrogen and oxygen atoms in total. The molecule has 94 valence electrons. The lowest BCUT2D eigenvalue weighted by Crippen LogP contribution is -2.29. The van der Waals surface area contributed by atoms with E-state index in [0.29, 0.717) is 6.54 Å². The summed E-state index contributed by atoms with van der Waals surface area (Å²) < 4.78 is 5.02. The van der Waals surface area contributed by atoms with Crippen LogP contribution in [0.4, 0.5) is 4.79 Å². The average Bonchev–Trinajstić information content (AvgIpc) is 2.28. The molecule has 0 radical (unpaired) electrons. The summed E-state index contributed by atoms with van der Waals surface area (Å²) in [7, 11) is 0. The Morgan fingerprint density at radius 2 is 1.88 bits per heavy atom. The number of hydrogen-bond acceptors (Lipinski definition) is 3. The van der Waals surface area contributed by atoms with Gasteiger partial charge in [0.25, 0.3) is 0 Å². The predicted molar refractivity (Wildman–Crippen MR) is 67.5 cm³/mol. The van der Waals surface area contributed by atoms with Crippen LogP contribution in [0.3, 0.4) is 0 Å². The van der Waals surface area contributed by atoms with Crippen molar-refractivity contribution >= 4 is 6.09 Å². The zero-order valence-electron chi connectivity index (χ0n) is 10.6. The molecule has 0 bridgehead atoms. The highest BCUT2D eigenvalue weighted by atomic mass is 16.6. The highest BCUT2D eigenvalue weighted by molar-refractivity contribution is 5.68. The topological polar surface area (TPSA) is 64.3 Å². The van der Waals surface area contributed by atoms with Gasteiger partial charge in [0.05, 0.1) is 12.1 Å². The molecule has 1 aromatic carbocycles. The van der Waals surface area contributed by atoms with Crippen LogP contribution in [0, 0.1) is 0 Å². The first-order valence-electron chi connectivity index (χ1n) is 5.79. The van der Waals surface area contributed by atoms with Crippen molar-refractivity contribution in [3.05, 3.63) is 35.4 Å². The second-order valence-corrected chi connectivity index (χ2v) is 4.27. The largest absolute Gasteiger partial charge is 0.447 e. The quantitative estimate of drug-likeness (QED) is 0.843. The summed E-state index contributed by atoms with van der Waals surface area (Å²) in [6.45, 7) is 6.08. The summed E-state index contributed by atoms with van der Waals surface area (Å²) in [5.41, 5.74) is 7.63. The maximum atomic E-state index is 11.4. The number of alkyl carbamates (subject to hydrolysis) is 1. The number of ether oxygens (including phenoxy) is 1. The van der Waals surface area contributed by atoms with Crippen molar-refractivity contribution in [1.82, 2.24) is 5.32 Å². The molecule has 3 N–H and O–H groups in total. The fourth-order valence-corrected chi connectivity index (χ4v) is 1.45. The van der Waals surface area contributed by atoms with Crippen molar-refractivity contribution in [2.75, 3.05) is 0 Å². The number of benzene rings is 1. The maximum Gasteiger partial charge on any atom is 0.407 e. The van der Waals surface area contributed by atoms with Crippen LogP contribution in [-0.2, 0) is 11.3 Å². The minimum Gasteiger partial charge on any atom is -0.447 e. The van der Waals surface area contributed by atoms with Crippen LogP contribution < -0.4 is 11.1 Å². The molecule has 0 aromatic heterocycles. The Labute approximate surface area is 102 Å². The van der Waals surface area contributed by atoms with Crippen molar-refractivity contribution in [2.45, 2.75) is 39.5 Å². The van der Waals surface area contributed by atoms with Crippen LogP contribution in [0.5, 0.6) is 0 Å². The van der Waals surface area contributed by atoms with E-state index in [-0.39, 0.29) is 12.1 Å². The molecule has 0 saturated heterocycles. The lowest BCUT2D eigenvalue weighted by molar-refractivity contribution is 0.113. The van der Waals surface area contributed by atoms with Gasteiger partial charge in [-0.05, 0) is 31.9 Å². The third-order valence-electron chi connectivity index (χ3n) is 2.39. The van der Waals surface area contributed by atoms with E-state index >= 15 is 0 Å². The molecule has 0 fully saturated rings. The van der Waals surface area contributed by atoms with E-state index in [0.717, 1.165) is 11.1 Å². The van der Waals surface area contributed by atoms with Crippen molar-refractivity contribution in [3.8, 4) is 0 Å². The van der Waals surface area contributed by atoms with Gasteiger partial charge in [0.1, 0.15) is 0 Å². The van der Waals surface area contributed by atoms with E-state index in [1.807, 2.05) is 45.0 Å². The van der Waals surface area contributed by atoms with Crippen LogP contribution >= 0.6 is 0 Å². The summed E-state index contributed by atoms with van der Waals surface area (Å²) in [5.74, 6) is 0. The summed E-state index contributed by atoms with van der Waals surface area (Å²) in [6.07, 6.45) is -0.503. The first-order valence-corrected chi connectivity index (χ1v) is 5.79. The molecule has 1 rings (SSSR count). The molecule has 1 unspecified atom stereocenters. The first kappa shape index (κ1) is 13.5. The Morgan fingerprint density at radius 1 is 1.29 bits per heavy atom. The van der Waals surface area contributed by atoms with Crippen LogP contribution in [-0.4, -0.2) is 12.2 Å². The molecule has 0 saturated carbocycles. The minimum absolute atomic E-state index is 0.0759. The summed E-state index contributed by atoms with van der Waals surface area (Å²) >= 11 is 0. The van der Waals surface area contributed by atoms with Crippen molar-refractivity contribution < 1.29 is 9.53 Å². The van der Waals surface area contributed by atoms with Crippen LogP contribution in [0.15, 0.2) is 24.3 Å². The van der Waals surface area contributed by atoms with Crippen molar-refractivity contribution in [3.63, 3.8) is 0 Å². The third kappa shape index (κ3) is 4.44. The molecular formula is C13H20N2O2. The van der Waals surface area contributed by atoms with E-state index in [9.17, 15) is 4.79 Å². The zero-order chi connectivity index (χ0) is 12.8. The van der Waals surface area contributed by atoms with E-state index in [1.165, 1.54) is 0 Å². The van der Waals surface area contributed by atoms with Gasteiger partial charge < -0.3 is 15.8 Å². The number of carbonyl (C=O) groups excluding carboxylic acids is 1. The molecule has 0 aliphatic carbocycles. The lowest BCUT2D eigenvalue weighted by Gasteiger charge is -2.16. The molecular weight excluding hydrogens is 216 g/mol. The van der Waals surface area contributed by atoms with E-state index in [2.05, 4.69) is 5.32 Å². The van der Waals surface area contributed by atoms with Crippen molar-refractivity contribution in [1.29, 1.82) is 0 Å². The lowest BCUT2D eigenvalue weighted by atomic mass is 10.1. The monoisotopic (exact) mass is 236 g/mol. The van der Waals surface area contributed by atoms with Crippen LogP contribution in [0.1, 0.15) is 37.9 Å². The Kier molecular flexibility index (Phi) is 4.97. The van der Waals surface area contributed by atoms with Gasteiger partial charge in [0.15, 0.2) is 0 Å². The fraction of sp³-hybridized carbons (Fsp3) is 0.462. The SMILES string of the molecule is CC(C)OC(=O)NC(C)c1ccc(CN)cc1. The second kappa shape index (κ2) is 6.25. The smallest absolute Gasteiger partial charge is 0.407 e. The molecule has 0 spiro atoms. The highest BCUT2D eigenvalue weighted by Crippen LogP contribution is 2.13. The van der Waals surface area contributed by atoms with Gasteiger partial charge >= 0.3 is 6.09 Å². The van der Waals surface area contributed by atoms with Crippen molar-refractivity contribution in [2.24, 2.45) is 5.73 Å². The molecule has 0 heterocycles. The van der Waals surface area contributed by atoms with Gasteiger partial charge in [0, 0.05) is 6.54 Å². The predicted octanol–water partition coefficient (Wildman–Crippen LogP) is 2.34. The Morgan fingerprint density at radius 3 is 2.35 bits per heavy atom. The molecule has 1 aromatic rings. The molecule has 4 heteroatoms. The van der Waals surface area contributed by atoms with Gasteiger partial charge in [-0.3, -0.25) is 0 Å². The Hall–Kier alpha value is -1.55. The number of rotatable bonds is 4. The molecule has 0 aliphatic heterocycles. The Balaban J connectivity index is 2.56. The van der Waals surface area contributed by atoms with Crippen LogP contribution in [0.25, 0.3) is 0 Å². The average molecular weight is 236 g/mol. The second-order valence-electron chi connectivity index (χ2n) is 4.27. The fourth-order valence-electron chi connectivity index (χ4n) is 1.45. The van der Waals surface area contributed by atoms with E-state index < -0.39 is 6.09 Å². The number of nitrogens with one attached hydrogen (secondary N) is 1. The van der Waals surface area contributed by atoms with Gasteiger partial charge in [-0.25, -0.2) is 4.79 Å². The summed E-state index contributed by atoms with van der Waals surface area (Å²) in [4.78, 5) is 11.4. The minimum atomic E-state index is -0.393. The normalized spacial score (nSPS) is 12.3. The molecule has 17 heavy (non-hydrogen) atoms. The number of hydrogen-bond donors (Lipinski definition) is 2. The standard InChI is InChI=1S/C13H20N2O2/c1-9(2)17-13(16)15-10(3)12-6-4-11(8-14)5-7-12/h4-7,9-10H,8,14H2,1-3H3,(H,15,16). The summed E-state index contributed by atoms with van der Waals surface area (Å²) in [6, 6.07) is 7.77. The van der Waals surface area contributed by atoms with Gasteiger partial charge in [-0.2, -0.15) is 0 Å². The van der Waals surface area contributed by atoms with Gasteiger partial charge in [0.2, 0.25) is 0 Å². The Bertz CT molecular complexity index is 360. The number of amides is 1. The van der Waals surface area contributed by atoms with Gasteiger partial charge in [-0.1, -0.05) is 24.3 Å². The highest BCUT2D eigenvalue weighted by Gasteiger charge is 2.11. The van der Waals surface area contributed by atoms with Crippen LogP contribution in [0.2, 0.25) is 0 Å². The molecule has 1 atom stereocenters. The van der Waals surface area contributed by atoms with E-state index in [1.54, 1.807) is 0 Å². The number of nitrogens with two attached hydrogens (primary N) is 1. The maximum absolute atomic E-state index is 11.4. The van der Waals surface area contributed by atoms with Gasteiger partial charge in [-0.15, -0.1) is 0 Å². The summed E-state index contributed by atoms with van der Waals surface area (Å²) in [5, 5.41) is 2.77. The molecule has 1 amide bonds. The number of carbonyl (C=O) groups is 1. The first-order chi connectivity index (χ1) is 8.02. The zero-order valence-corrected chi connectivity index (χ0v) is 10.6.